The number of carboxylic acid groups (broad SMARTS) is 1. The number of carbonyl (C=O) groups excluding carboxylic acids is 1. The number of benzene rings is 1. The first-order chi connectivity index (χ1) is 10.3. The molecule has 1 aromatic rings. The quantitative estimate of drug-likeness (QED) is 0.741. The maximum atomic E-state index is 12.0. The molecule has 1 rings (SSSR count). The molecular formula is C18H26O4. The van der Waals surface area contributed by atoms with Gasteiger partial charge in [-0.2, -0.15) is 0 Å². The van der Waals surface area contributed by atoms with Crippen LogP contribution in [0.5, 0.6) is 0 Å². The zero-order chi connectivity index (χ0) is 16.8. The first-order valence-corrected chi connectivity index (χ1v) is 7.73. The normalized spacial score (nSPS) is 14.2. The van der Waals surface area contributed by atoms with Gasteiger partial charge in [0, 0.05) is 0 Å². The molecule has 0 aromatic heterocycles. The fraction of sp³-hybridized carbons (Fsp3) is 0.556. The van der Waals surface area contributed by atoms with E-state index in [1.165, 1.54) is 0 Å². The van der Waals surface area contributed by atoms with E-state index < -0.39 is 17.3 Å². The van der Waals surface area contributed by atoms with Gasteiger partial charge in [0.1, 0.15) is 0 Å². The number of rotatable bonds is 8. The van der Waals surface area contributed by atoms with Crippen molar-refractivity contribution < 1.29 is 19.4 Å². The molecule has 122 valence electrons. The lowest BCUT2D eigenvalue weighted by Crippen LogP contribution is -2.32. The molecule has 0 amide bonds. The van der Waals surface area contributed by atoms with Gasteiger partial charge in [-0.3, -0.25) is 9.59 Å². The maximum absolute atomic E-state index is 12.0. The minimum atomic E-state index is -0.861. The highest BCUT2D eigenvalue weighted by molar-refractivity contribution is 5.77. The molecule has 1 aromatic carbocycles. The molecule has 0 fully saturated rings. The lowest BCUT2D eigenvalue weighted by atomic mass is 9.78. The van der Waals surface area contributed by atoms with Gasteiger partial charge in [-0.15, -0.1) is 0 Å². The van der Waals surface area contributed by atoms with E-state index in [1.807, 2.05) is 37.3 Å². The Morgan fingerprint density at radius 2 is 1.82 bits per heavy atom. The number of aliphatic carboxylic acids is 1. The predicted octanol–water partition coefficient (Wildman–Crippen LogP) is 3.86. The molecule has 0 aliphatic carbocycles. The second-order valence-electron chi connectivity index (χ2n) is 6.39. The molecule has 4 heteroatoms. The summed E-state index contributed by atoms with van der Waals surface area (Å²) in [6, 6.07) is 9.84. The molecule has 1 N–H and O–H groups in total. The van der Waals surface area contributed by atoms with E-state index in [9.17, 15) is 14.7 Å². The Balaban J connectivity index is 2.78. The third kappa shape index (κ3) is 5.17. The molecule has 0 aliphatic heterocycles. The summed E-state index contributed by atoms with van der Waals surface area (Å²) in [5.74, 6) is -1.65. The molecule has 0 bridgehead atoms. The number of hydrogen-bond acceptors (Lipinski definition) is 3. The summed E-state index contributed by atoms with van der Waals surface area (Å²) in [5.41, 5.74) is 0.317. The Bertz CT molecular complexity index is 493. The number of carbonyl (C=O) groups is 2. The van der Waals surface area contributed by atoms with Crippen LogP contribution in [-0.2, 0) is 14.3 Å². The molecule has 4 nitrogen and oxygen atoms in total. The molecule has 0 saturated heterocycles. The lowest BCUT2D eigenvalue weighted by Gasteiger charge is -2.27. The average Bonchev–Trinajstić information content (AvgIpc) is 2.47. The van der Waals surface area contributed by atoms with E-state index in [1.54, 1.807) is 20.8 Å². The summed E-state index contributed by atoms with van der Waals surface area (Å²) in [7, 11) is 0. The summed E-state index contributed by atoms with van der Waals surface area (Å²) < 4.78 is 5.05. The van der Waals surface area contributed by atoms with E-state index in [2.05, 4.69) is 0 Å². The zero-order valence-electron chi connectivity index (χ0n) is 13.8. The molecular weight excluding hydrogens is 280 g/mol. The number of esters is 1. The monoisotopic (exact) mass is 306 g/mol. The van der Waals surface area contributed by atoms with Crippen molar-refractivity contribution in [2.45, 2.75) is 46.5 Å². The van der Waals surface area contributed by atoms with Crippen molar-refractivity contribution in [3.63, 3.8) is 0 Å². The predicted molar refractivity (Wildman–Crippen MR) is 85.6 cm³/mol. The van der Waals surface area contributed by atoms with Crippen molar-refractivity contribution in [2.75, 3.05) is 6.61 Å². The van der Waals surface area contributed by atoms with Crippen LogP contribution >= 0.6 is 0 Å². The Labute approximate surface area is 132 Å². The molecule has 0 radical (unpaired) electrons. The maximum Gasteiger partial charge on any atom is 0.311 e. The van der Waals surface area contributed by atoms with Gasteiger partial charge in [-0.1, -0.05) is 37.3 Å². The first-order valence-electron chi connectivity index (χ1n) is 7.73. The van der Waals surface area contributed by atoms with Crippen molar-refractivity contribution in [3.05, 3.63) is 35.9 Å². The summed E-state index contributed by atoms with van der Waals surface area (Å²) in [6.45, 7) is 7.56. The summed E-state index contributed by atoms with van der Waals surface area (Å²) in [4.78, 5) is 23.5. The summed E-state index contributed by atoms with van der Waals surface area (Å²) >= 11 is 0. The van der Waals surface area contributed by atoms with Crippen LogP contribution in [-0.4, -0.2) is 23.7 Å². The number of carboxylic acids is 1. The minimum Gasteiger partial charge on any atom is -0.481 e. The van der Waals surface area contributed by atoms with Crippen molar-refractivity contribution in [2.24, 2.45) is 11.3 Å². The number of hydrogen-bond donors (Lipinski definition) is 1. The lowest BCUT2D eigenvalue weighted by molar-refractivity contribution is -0.156. The molecule has 0 aliphatic rings. The van der Waals surface area contributed by atoms with Crippen LogP contribution < -0.4 is 0 Å². The van der Waals surface area contributed by atoms with Crippen molar-refractivity contribution in [3.8, 4) is 0 Å². The number of ether oxygens (including phenoxy) is 1. The highest BCUT2D eigenvalue weighted by Gasteiger charge is 2.35. The van der Waals surface area contributed by atoms with Gasteiger partial charge >= 0.3 is 11.9 Å². The second kappa shape index (κ2) is 7.97. The summed E-state index contributed by atoms with van der Waals surface area (Å²) in [6.07, 6.45) is 0.778. The smallest absolute Gasteiger partial charge is 0.311 e. The van der Waals surface area contributed by atoms with Gasteiger partial charge in [0.05, 0.1) is 17.9 Å². The van der Waals surface area contributed by atoms with E-state index in [-0.39, 0.29) is 18.3 Å². The van der Waals surface area contributed by atoms with Crippen LogP contribution in [0.3, 0.4) is 0 Å². The molecule has 2 atom stereocenters. The van der Waals surface area contributed by atoms with E-state index in [0.29, 0.717) is 13.0 Å². The second-order valence-corrected chi connectivity index (χ2v) is 6.39. The fourth-order valence-electron chi connectivity index (χ4n) is 2.64. The van der Waals surface area contributed by atoms with Crippen LogP contribution in [0.2, 0.25) is 0 Å². The molecule has 0 heterocycles. The highest BCUT2D eigenvalue weighted by Crippen LogP contribution is 2.33. The third-order valence-electron chi connectivity index (χ3n) is 3.94. The molecule has 0 saturated carbocycles. The largest absolute Gasteiger partial charge is 0.481 e. The van der Waals surface area contributed by atoms with Crippen molar-refractivity contribution >= 4 is 11.9 Å². The molecule has 22 heavy (non-hydrogen) atoms. The average molecular weight is 306 g/mol. The van der Waals surface area contributed by atoms with Crippen molar-refractivity contribution in [1.29, 1.82) is 0 Å². The van der Waals surface area contributed by atoms with Gasteiger partial charge in [0.25, 0.3) is 0 Å². The van der Waals surface area contributed by atoms with Gasteiger partial charge in [-0.05, 0) is 45.1 Å². The van der Waals surface area contributed by atoms with Crippen LogP contribution in [0, 0.1) is 11.3 Å². The minimum absolute atomic E-state index is 0.125. The van der Waals surface area contributed by atoms with Crippen LogP contribution in [0.1, 0.15) is 52.0 Å². The Kier molecular flexibility index (Phi) is 6.60. The molecule has 2 unspecified atom stereocenters. The first kappa shape index (κ1) is 18.2. The SMILES string of the molecule is CCOC(=O)C(C)(C)CC(CC(C)c1ccccc1)C(=O)O. The van der Waals surface area contributed by atoms with Crippen LogP contribution in [0.25, 0.3) is 0 Å². The van der Waals surface area contributed by atoms with Gasteiger partial charge in [0.15, 0.2) is 0 Å². The topological polar surface area (TPSA) is 63.6 Å². The highest BCUT2D eigenvalue weighted by atomic mass is 16.5. The molecule has 0 spiro atoms. The van der Waals surface area contributed by atoms with Gasteiger partial charge in [0.2, 0.25) is 0 Å². The Morgan fingerprint density at radius 1 is 1.23 bits per heavy atom. The van der Waals surface area contributed by atoms with E-state index in [0.717, 1.165) is 5.56 Å². The van der Waals surface area contributed by atoms with Crippen LogP contribution in [0.4, 0.5) is 0 Å². The Hall–Kier alpha value is -1.84. The van der Waals surface area contributed by atoms with Gasteiger partial charge < -0.3 is 9.84 Å². The Morgan fingerprint density at radius 3 is 2.32 bits per heavy atom. The van der Waals surface area contributed by atoms with E-state index in [4.69, 9.17) is 4.74 Å². The van der Waals surface area contributed by atoms with Gasteiger partial charge in [-0.25, -0.2) is 0 Å². The zero-order valence-corrected chi connectivity index (χ0v) is 13.8. The third-order valence-corrected chi connectivity index (χ3v) is 3.94. The van der Waals surface area contributed by atoms with Crippen molar-refractivity contribution in [1.82, 2.24) is 0 Å². The van der Waals surface area contributed by atoms with Crippen LogP contribution in [0.15, 0.2) is 30.3 Å². The van der Waals surface area contributed by atoms with E-state index >= 15 is 0 Å². The standard InChI is InChI=1S/C18H26O4/c1-5-22-17(21)18(3,4)12-15(16(19)20)11-13(2)14-9-7-6-8-10-14/h6-10,13,15H,5,11-12H2,1-4H3,(H,19,20). The fourth-order valence-corrected chi connectivity index (χ4v) is 2.64. The summed E-state index contributed by atoms with van der Waals surface area (Å²) in [5, 5.41) is 9.49.